The number of rotatable bonds is 13. The molecule has 124 valence electrons. The topological polar surface area (TPSA) is 0 Å². The highest BCUT2D eigenvalue weighted by atomic mass is 35.5. The van der Waals surface area contributed by atoms with Gasteiger partial charge in [-0.25, -0.2) is 0 Å². The number of nitrogens with zero attached hydrogens (tertiary/aromatic N) is 1. The summed E-state index contributed by atoms with van der Waals surface area (Å²) >= 11 is 0. The van der Waals surface area contributed by atoms with Crippen molar-refractivity contribution < 1.29 is 16.9 Å². The summed E-state index contributed by atoms with van der Waals surface area (Å²) in [4.78, 5) is 0. The van der Waals surface area contributed by atoms with Crippen LogP contribution in [0.2, 0.25) is 0 Å². The molecule has 0 radical (unpaired) electrons. The molecule has 0 aliphatic rings. The average Bonchev–Trinajstić information content (AvgIpc) is 2.38. The van der Waals surface area contributed by atoms with Gasteiger partial charge in [0.2, 0.25) is 0 Å². The fourth-order valence-electron chi connectivity index (χ4n) is 3.03. The lowest BCUT2D eigenvalue weighted by molar-refractivity contribution is -0.894. The number of quaternary nitrogens is 1. The van der Waals surface area contributed by atoms with Gasteiger partial charge in [0.1, 0.15) is 0 Å². The molecule has 0 heterocycles. The zero-order valence-corrected chi connectivity index (χ0v) is 15.6. The van der Waals surface area contributed by atoms with E-state index in [-0.39, 0.29) is 12.4 Å². The van der Waals surface area contributed by atoms with Crippen molar-refractivity contribution >= 4 is 0 Å². The van der Waals surface area contributed by atoms with Crippen LogP contribution in [0.25, 0.3) is 0 Å². The van der Waals surface area contributed by atoms with Crippen LogP contribution in [0.5, 0.6) is 0 Å². The Kier molecular flexibility index (Phi) is 16.0. The first-order valence-corrected chi connectivity index (χ1v) is 8.87. The first-order chi connectivity index (χ1) is 9.05. The maximum atomic E-state index is 2.43. The second-order valence-electron chi connectivity index (χ2n) is 7.03. The van der Waals surface area contributed by atoms with Crippen molar-refractivity contribution in [2.45, 2.75) is 85.0 Å². The van der Waals surface area contributed by atoms with Gasteiger partial charge in [-0.1, -0.05) is 59.3 Å². The molecule has 0 aliphatic carbocycles. The molecule has 1 unspecified atom stereocenters. The van der Waals surface area contributed by atoms with Crippen LogP contribution in [0.4, 0.5) is 0 Å². The normalized spacial score (nSPS) is 13.1. The summed E-state index contributed by atoms with van der Waals surface area (Å²) in [5.41, 5.74) is 0. The van der Waals surface area contributed by atoms with Gasteiger partial charge in [0.15, 0.2) is 0 Å². The fraction of sp³-hybridized carbons (Fsp3) is 1.00. The molecule has 0 fully saturated rings. The molecular formula is C18H40ClN. The van der Waals surface area contributed by atoms with Gasteiger partial charge in [-0.2, -0.15) is 0 Å². The van der Waals surface area contributed by atoms with E-state index < -0.39 is 0 Å². The zero-order valence-electron chi connectivity index (χ0n) is 14.9. The zero-order chi connectivity index (χ0) is 14.6. The number of hydrogen-bond donors (Lipinski definition) is 0. The molecule has 0 saturated carbocycles. The van der Waals surface area contributed by atoms with Crippen LogP contribution >= 0.6 is 0 Å². The van der Waals surface area contributed by atoms with Gasteiger partial charge < -0.3 is 16.9 Å². The van der Waals surface area contributed by atoms with E-state index in [0.717, 1.165) is 5.92 Å². The Hall–Kier alpha value is 0.250. The SMILES string of the molecule is CCCCCCCC[N+](C)(C)CC(CC)CCCC.[Cl-]. The summed E-state index contributed by atoms with van der Waals surface area (Å²) in [7, 11) is 4.86. The Bertz CT molecular complexity index is 192. The van der Waals surface area contributed by atoms with Crippen molar-refractivity contribution in [3.63, 3.8) is 0 Å². The van der Waals surface area contributed by atoms with Crippen LogP contribution in [0, 0.1) is 5.92 Å². The molecule has 0 saturated heterocycles. The number of halogens is 1. The van der Waals surface area contributed by atoms with Crippen molar-refractivity contribution in [3.8, 4) is 0 Å². The van der Waals surface area contributed by atoms with E-state index >= 15 is 0 Å². The quantitative estimate of drug-likeness (QED) is 0.362. The van der Waals surface area contributed by atoms with Crippen LogP contribution in [-0.4, -0.2) is 31.7 Å². The van der Waals surface area contributed by atoms with Gasteiger partial charge >= 0.3 is 0 Å². The lowest BCUT2D eigenvalue weighted by Gasteiger charge is -2.33. The number of unbranched alkanes of at least 4 members (excludes halogenated alkanes) is 6. The van der Waals surface area contributed by atoms with Crippen LogP contribution in [0.1, 0.15) is 85.0 Å². The van der Waals surface area contributed by atoms with Gasteiger partial charge in [0.05, 0.1) is 27.2 Å². The van der Waals surface area contributed by atoms with Gasteiger partial charge in [0, 0.05) is 5.92 Å². The lowest BCUT2D eigenvalue weighted by atomic mass is 9.98. The van der Waals surface area contributed by atoms with Crippen LogP contribution in [0.15, 0.2) is 0 Å². The maximum Gasteiger partial charge on any atom is 0.0810 e. The van der Waals surface area contributed by atoms with Crippen LogP contribution < -0.4 is 12.4 Å². The van der Waals surface area contributed by atoms with E-state index in [0.29, 0.717) is 0 Å². The second-order valence-corrected chi connectivity index (χ2v) is 7.03. The summed E-state index contributed by atoms with van der Waals surface area (Å²) in [5, 5.41) is 0. The molecule has 1 atom stereocenters. The molecule has 0 aliphatic heterocycles. The summed E-state index contributed by atoms with van der Waals surface area (Å²) < 4.78 is 1.23. The van der Waals surface area contributed by atoms with Crippen molar-refractivity contribution in [3.05, 3.63) is 0 Å². The van der Waals surface area contributed by atoms with Gasteiger partial charge in [-0.15, -0.1) is 0 Å². The second kappa shape index (κ2) is 14.2. The standard InChI is InChI=1S/C18H40N.ClH/c1-6-9-11-12-13-14-16-19(4,5)17-18(8-3)15-10-7-2;/h18H,6-17H2,1-5H3;1H/q+1;/p-1. The molecule has 0 rings (SSSR count). The van der Waals surface area contributed by atoms with Crippen molar-refractivity contribution in [1.82, 2.24) is 0 Å². The number of hydrogen-bond acceptors (Lipinski definition) is 0. The van der Waals surface area contributed by atoms with Crippen molar-refractivity contribution in [2.24, 2.45) is 5.92 Å². The molecule has 0 amide bonds. The Morgan fingerprint density at radius 2 is 1.30 bits per heavy atom. The minimum absolute atomic E-state index is 0. The van der Waals surface area contributed by atoms with E-state index in [1.165, 1.54) is 81.8 Å². The first-order valence-electron chi connectivity index (χ1n) is 8.87. The third-order valence-electron chi connectivity index (χ3n) is 4.41. The molecule has 0 spiro atoms. The summed E-state index contributed by atoms with van der Waals surface area (Å²) in [6, 6.07) is 0. The monoisotopic (exact) mass is 305 g/mol. The molecule has 20 heavy (non-hydrogen) atoms. The maximum absolute atomic E-state index is 2.43. The van der Waals surface area contributed by atoms with Gasteiger partial charge in [-0.05, 0) is 25.7 Å². The fourth-order valence-corrected chi connectivity index (χ4v) is 3.03. The Morgan fingerprint density at radius 1 is 0.750 bits per heavy atom. The molecular weight excluding hydrogens is 266 g/mol. The smallest absolute Gasteiger partial charge is 0.0810 e. The van der Waals surface area contributed by atoms with E-state index in [4.69, 9.17) is 0 Å². The lowest BCUT2D eigenvalue weighted by Crippen LogP contribution is -3.00. The Labute approximate surface area is 135 Å². The predicted octanol–water partition coefficient (Wildman–Crippen LogP) is 2.64. The molecule has 2 heteroatoms. The highest BCUT2D eigenvalue weighted by molar-refractivity contribution is 4.56. The highest BCUT2D eigenvalue weighted by Crippen LogP contribution is 2.17. The van der Waals surface area contributed by atoms with Crippen LogP contribution in [0.3, 0.4) is 0 Å². The van der Waals surface area contributed by atoms with E-state index in [2.05, 4.69) is 34.9 Å². The molecule has 0 aromatic heterocycles. The first kappa shape index (κ1) is 22.5. The molecule has 0 aromatic rings. The van der Waals surface area contributed by atoms with Gasteiger partial charge in [-0.3, -0.25) is 0 Å². The van der Waals surface area contributed by atoms with Crippen LogP contribution in [-0.2, 0) is 0 Å². The largest absolute Gasteiger partial charge is 1.00 e. The van der Waals surface area contributed by atoms with Gasteiger partial charge in [0.25, 0.3) is 0 Å². The summed E-state index contributed by atoms with van der Waals surface area (Å²) in [6.45, 7) is 9.72. The minimum atomic E-state index is 0. The predicted molar refractivity (Wildman–Crippen MR) is 88.5 cm³/mol. The molecule has 0 bridgehead atoms. The Balaban J connectivity index is 0. The summed E-state index contributed by atoms with van der Waals surface area (Å²) in [5.74, 6) is 0.940. The Morgan fingerprint density at radius 3 is 1.85 bits per heavy atom. The molecule has 1 nitrogen and oxygen atoms in total. The van der Waals surface area contributed by atoms with Crippen molar-refractivity contribution in [2.75, 3.05) is 27.2 Å². The third kappa shape index (κ3) is 13.2. The minimum Gasteiger partial charge on any atom is -1.00 e. The van der Waals surface area contributed by atoms with E-state index in [1.54, 1.807) is 0 Å². The highest BCUT2D eigenvalue weighted by Gasteiger charge is 2.20. The van der Waals surface area contributed by atoms with Crippen molar-refractivity contribution in [1.29, 1.82) is 0 Å². The molecule has 0 N–H and O–H groups in total. The van der Waals surface area contributed by atoms with E-state index in [1.807, 2.05) is 0 Å². The third-order valence-corrected chi connectivity index (χ3v) is 4.41. The average molecular weight is 306 g/mol. The molecule has 0 aromatic carbocycles. The van der Waals surface area contributed by atoms with E-state index in [9.17, 15) is 0 Å². The summed E-state index contributed by atoms with van der Waals surface area (Å²) in [6.07, 6.45) is 14.1.